The predicted molar refractivity (Wildman–Crippen MR) is 60.2 cm³/mol. The molecule has 0 atom stereocenters. The van der Waals surface area contributed by atoms with Crippen molar-refractivity contribution in [1.82, 2.24) is 0 Å². The standard InChI is InChI=1S/C10H23O2P/c1-4-11-7-9-13(6-3)10-8-12-5-2/h4-10H2,1-3H3. The molecule has 0 N–H and O–H groups in total. The molecule has 0 saturated heterocycles. The van der Waals surface area contributed by atoms with Gasteiger partial charge in [0.2, 0.25) is 0 Å². The summed E-state index contributed by atoms with van der Waals surface area (Å²) in [6.45, 7) is 9.92. The number of ether oxygens (including phenoxy) is 2. The highest BCUT2D eigenvalue weighted by Gasteiger charge is 2.04. The summed E-state index contributed by atoms with van der Waals surface area (Å²) in [7, 11) is 0.168. The van der Waals surface area contributed by atoms with Crippen molar-refractivity contribution < 1.29 is 9.47 Å². The molecule has 0 aromatic heterocycles. The van der Waals surface area contributed by atoms with Gasteiger partial charge >= 0.3 is 0 Å². The summed E-state index contributed by atoms with van der Waals surface area (Å²) >= 11 is 0. The van der Waals surface area contributed by atoms with E-state index in [2.05, 4.69) is 20.8 Å². The van der Waals surface area contributed by atoms with Gasteiger partial charge in [0.1, 0.15) is 0 Å². The summed E-state index contributed by atoms with van der Waals surface area (Å²) in [5.41, 5.74) is 0. The topological polar surface area (TPSA) is 18.5 Å². The van der Waals surface area contributed by atoms with Gasteiger partial charge in [-0.1, -0.05) is 6.92 Å². The fraction of sp³-hybridized carbons (Fsp3) is 1.00. The molecule has 0 unspecified atom stereocenters. The van der Waals surface area contributed by atoms with Crippen molar-refractivity contribution in [2.75, 3.05) is 44.9 Å². The van der Waals surface area contributed by atoms with E-state index >= 15 is 0 Å². The van der Waals surface area contributed by atoms with Gasteiger partial charge < -0.3 is 9.47 Å². The fourth-order valence-electron chi connectivity index (χ4n) is 1.10. The molecule has 0 aliphatic heterocycles. The first-order valence-electron chi connectivity index (χ1n) is 5.22. The second-order valence-corrected chi connectivity index (χ2v) is 5.70. The van der Waals surface area contributed by atoms with Crippen molar-refractivity contribution in [3.63, 3.8) is 0 Å². The molecule has 0 aliphatic carbocycles. The Hall–Kier alpha value is 0.350. The van der Waals surface area contributed by atoms with Crippen LogP contribution in [-0.4, -0.2) is 44.9 Å². The van der Waals surface area contributed by atoms with E-state index in [1.165, 1.54) is 18.5 Å². The molecule has 0 amide bonds. The van der Waals surface area contributed by atoms with Crippen molar-refractivity contribution in [1.29, 1.82) is 0 Å². The fourth-order valence-corrected chi connectivity index (χ4v) is 2.73. The third-order valence-electron chi connectivity index (χ3n) is 1.96. The van der Waals surface area contributed by atoms with Crippen LogP contribution in [0, 0.1) is 0 Å². The van der Waals surface area contributed by atoms with Gasteiger partial charge in [0.05, 0.1) is 13.2 Å². The molecule has 0 heterocycles. The quantitative estimate of drug-likeness (QED) is 0.426. The molecule has 13 heavy (non-hydrogen) atoms. The molecule has 0 aromatic rings. The Bertz CT molecular complexity index is 88.9. The number of rotatable bonds is 9. The molecule has 0 radical (unpaired) electrons. The van der Waals surface area contributed by atoms with Crippen molar-refractivity contribution >= 4 is 7.92 Å². The average Bonchev–Trinajstić information content (AvgIpc) is 2.16. The minimum absolute atomic E-state index is 0.168. The molecule has 80 valence electrons. The van der Waals surface area contributed by atoms with E-state index in [0.29, 0.717) is 0 Å². The van der Waals surface area contributed by atoms with Gasteiger partial charge in [-0.15, -0.1) is 7.92 Å². The van der Waals surface area contributed by atoms with E-state index < -0.39 is 0 Å². The van der Waals surface area contributed by atoms with E-state index in [0.717, 1.165) is 26.4 Å². The van der Waals surface area contributed by atoms with E-state index in [4.69, 9.17) is 9.47 Å². The van der Waals surface area contributed by atoms with Crippen LogP contribution in [0.25, 0.3) is 0 Å². The maximum Gasteiger partial charge on any atom is 0.0505 e. The zero-order valence-corrected chi connectivity index (χ0v) is 10.1. The van der Waals surface area contributed by atoms with Crippen LogP contribution in [0.4, 0.5) is 0 Å². The summed E-state index contributed by atoms with van der Waals surface area (Å²) < 4.78 is 10.7. The summed E-state index contributed by atoms with van der Waals surface area (Å²) in [4.78, 5) is 0. The SMILES string of the molecule is CCOCCP(CC)CCOCC. The lowest BCUT2D eigenvalue weighted by atomic mass is 10.8. The normalized spacial score (nSPS) is 11.1. The first-order chi connectivity index (χ1) is 6.35. The Morgan fingerprint density at radius 3 is 1.62 bits per heavy atom. The molecule has 3 heteroatoms. The van der Waals surface area contributed by atoms with Gasteiger partial charge in [-0.2, -0.15) is 0 Å². The van der Waals surface area contributed by atoms with Crippen molar-refractivity contribution in [3.8, 4) is 0 Å². The van der Waals surface area contributed by atoms with Gasteiger partial charge in [0, 0.05) is 13.2 Å². The minimum Gasteiger partial charge on any atom is -0.381 e. The van der Waals surface area contributed by atoms with Gasteiger partial charge in [-0.3, -0.25) is 0 Å². The molecule has 0 bridgehead atoms. The first-order valence-corrected chi connectivity index (χ1v) is 7.12. The first kappa shape index (κ1) is 13.4. The monoisotopic (exact) mass is 206 g/mol. The summed E-state index contributed by atoms with van der Waals surface area (Å²) in [6.07, 6.45) is 3.79. The largest absolute Gasteiger partial charge is 0.381 e. The molecule has 0 fully saturated rings. The molecule has 0 rings (SSSR count). The van der Waals surface area contributed by atoms with Crippen molar-refractivity contribution in [2.24, 2.45) is 0 Å². The Kier molecular flexibility index (Phi) is 10.7. The van der Waals surface area contributed by atoms with Crippen LogP contribution in [0.1, 0.15) is 20.8 Å². The average molecular weight is 206 g/mol. The molecule has 0 aliphatic rings. The second kappa shape index (κ2) is 10.4. The van der Waals surface area contributed by atoms with Gasteiger partial charge in [-0.05, 0) is 32.3 Å². The minimum atomic E-state index is 0.168. The van der Waals surface area contributed by atoms with E-state index in [-0.39, 0.29) is 7.92 Å². The molecule has 0 saturated carbocycles. The zero-order valence-electron chi connectivity index (χ0n) is 9.21. The Labute approximate surface area is 83.8 Å². The van der Waals surface area contributed by atoms with Gasteiger partial charge in [-0.25, -0.2) is 0 Å². The van der Waals surface area contributed by atoms with Crippen LogP contribution in [0.2, 0.25) is 0 Å². The van der Waals surface area contributed by atoms with Crippen LogP contribution in [0.15, 0.2) is 0 Å². The highest BCUT2D eigenvalue weighted by molar-refractivity contribution is 7.57. The van der Waals surface area contributed by atoms with Crippen LogP contribution in [0.3, 0.4) is 0 Å². The molecular formula is C10H23O2P. The van der Waals surface area contributed by atoms with Crippen LogP contribution >= 0.6 is 7.92 Å². The lowest BCUT2D eigenvalue weighted by molar-refractivity contribution is 0.160. The van der Waals surface area contributed by atoms with Crippen molar-refractivity contribution in [3.05, 3.63) is 0 Å². The van der Waals surface area contributed by atoms with Crippen LogP contribution in [-0.2, 0) is 9.47 Å². The highest BCUT2D eigenvalue weighted by atomic mass is 31.1. The molecular weight excluding hydrogens is 183 g/mol. The van der Waals surface area contributed by atoms with Crippen molar-refractivity contribution in [2.45, 2.75) is 20.8 Å². The van der Waals surface area contributed by atoms with E-state index in [1.54, 1.807) is 0 Å². The maximum absolute atomic E-state index is 5.35. The molecule has 0 spiro atoms. The summed E-state index contributed by atoms with van der Waals surface area (Å²) in [5, 5.41) is 0. The number of hydrogen-bond donors (Lipinski definition) is 0. The Balaban J connectivity index is 3.28. The third kappa shape index (κ3) is 8.67. The van der Waals surface area contributed by atoms with Crippen LogP contribution in [0.5, 0.6) is 0 Å². The van der Waals surface area contributed by atoms with E-state index in [9.17, 15) is 0 Å². The Morgan fingerprint density at radius 2 is 1.31 bits per heavy atom. The maximum atomic E-state index is 5.35. The van der Waals surface area contributed by atoms with E-state index in [1.807, 2.05) is 0 Å². The molecule has 2 nitrogen and oxygen atoms in total. The lowest BCUT2D eigenvalue weighted by Gasteiger charge is -2.15. The molecule has 0 aromatic carbocycles. The summed E-state index contributed by atoms with van der Waals surface area (Å²) in [5.74, 6) is 0. The summed E-state index contributed by atoms with van der Waals surface area (Å²) in [6, 6.07) is 0. The smallest absolute Gasteiger partial charge is 0.0505 e. The van der Waals surface area contributed by atoms with Crippen LogP contribution < -0.4 is 0 Å². The predicted octanol–water partition coefficient (Wildman–Crippen LogP) is 2.56. The number of hydrogen-bond acceptors (Lipinski definition) is 2. The van der Waals surface area contributed by atoms with Gasteiger partial charge in [0.25, 0.3) is 0 Å². The lowest BCUT2D eigenvalue weighted by Crippen LogP contribution is -2.05. The zero-order chi connectivity index (χ0) is 9.94. The second-order valence-electron chi connectivity index (χ2n) is 2.83. The Morgan fingerprint density at radius 1 is 0.846 bits per heavy atom. The highest BCUT2D eigenvalue weighted by Crippen LogP contribution is 2.33. The van der Waals surface area contributed by atoms with Gasteiger partial charge in [0.15, 0.2) is 0 Å². The third-order valence-corrected chi connectivity index (χ3v) is 4.48.